The summed E-state index contributed by atoms with van der Waals surface area (Å²) < 4.78 is 4.07. The van der Waals surface area contributed by atoms with Crippen molar-refractivity contribution in [2.45, 2.75) is 0 Å². The van der Waals surface area contributed by atoms with Gasteiger partial charge in [-0.25, -0.2) is 0 Å². The van der Waals surface area contributed by atoms with Gasteiger partial charge in [-0.2, -0.15) is 0 Å². The molecule has 24 heavy (non-hydrogen) atoms. The third-order valence-electron chi connectivity index (χ3n) is 4.86. The highest BCUT2D eigenvalue weighted by molar-refractivity contribution is 9.11. The SMILES string of the molecule is Cn1c2ccccc2c2c3c(cc(Br)c21)C(=O)c1cc(Br)ccc1-3. The minimum absolute atomic E-state index is 0.0943. The molecule has 0 bridgehead atoms. The summed E-state index contributed by atoms with van der Waals surface area (Å²) >= 11 is 7.16. The van der Waals surface area contributed by atoms with Gasteiger partial charge >= 0.3 is 0 Å². The van der Waals surface area contributed by atoms with Crippen molar-refractivity contribution in [1.29, 1.82) is 0 Å². The second-order valence-corrected chi connectivity index (χ2v) is 7.87. The van der Waals surface area contributed by atoms with Crippen molar-refractivity contribution < 1.29 is 4.79 Å². The van der Waals surface area contributed by atoms with E-state index in [0.717, 1.165) is 42.1 Å². The van der Waals surface area contributed by atoms with Crippen LogP contribution in [0.4, 0.5) is 0 Å². The van der Waals surface area contributed by atoms with Crippen LogP contribution in [-0.4, -0.2) is 10.4 Å². The van der Waals surface area contributed by atoms with Crippen LogP contribution in [0.25, 0.3) is 32.9 Å². The maximum atomic E-state index is 12.9. The number of fused-ring (bicyclic) bond motifs is 7. The van der Waals surface area contributed by atoms with Crippen LogP contribution in [0.5, 0.6) is 0 Å². The Morgan fingerprint density at radius 3 is 2.54 bits per heavy atom. The van der Waals surface area contributed by atoms with E-state index in [2.05, 4.69) is 55.6 Å². The van der Waals surface area contributed by atoms with Crippen LogP contribution in [0.15, 0.2) is 57.5 Å². The molecular weight excluding hydrogens is 430 g/mol. The molecule has 3 aromatic carbocycles. The van der Waals surface area contributed by atoms with Gasteiger partial charge in [0.05, 0.1) is 5.52 Å². The Balaban J connectivity index is 2.08. The summed E-state index contributed by atoms with van der Waals surface area (Å²) in [6.07, 6.45) is 0. The highest BCUT2D eigenvalue weighted by Gasteiger charge is 2.31. The lowest BCUT2D eigenvalue weighted by Gasteiger charge is -2.06. The first-order chi connectivity index (χ1) is 11.6. The molecule has 0 saturated carbocycles. The molecule has 1 aromatic heterocycles. The Bertz CT molecular complexity index is 1200. The summed E-state index contributed by atoms with van der Waals surface area (Å²) in [4.78, 5) is 12.9. The molecule has 4 heteroatoms. The first kappa shape index (κ1) is 14.4. The van der Waals surface area contributed by atoms with E-state index in [0.29, 0.717) is 0 Å². The largest absolute Gasteiger partial charge is 0.343 e. The molecule has 5 rings (SSSR count). The Labute approximate surface area is 155 Å². The number of carbonyl (C=O) groups excluding carboxylic acids is 1. The van der Waals surface area contributed by atoms with Crippen molar-refractivity contribution in [3.05, 3.63) is 68.6 Å². The van der Waals surface area contributed by atoms with E-state index in [9.17, 15) is 4.79 Å². The molecule has 0 spiro atoms. The number of halogens is 2. The summed E-state index contributed by atoms with van der Waals surface area (Å²) in [5, 5.41) is 2.32. The predicted molar refractivity (Wildman–Crippen MR) is 105 cm³/mol. The number of para-hydroxylation sites is 1. The molecule has 4 aromatic rings. The molecule has 0 unspecified atom stereocenters. The van der Waals surface area contributed by atoms with E-state index in [4.69, 9.17) is 0 Å². The molecule has 0 radical (unpaired) electrons. The average molecular weight is 441 g/mol. The fraction of sp³-hybridized carbons (Fsp3) is 0.0500. The lowest BCUT2D eigenvalue weighted by atomic mass is 9.99. The van der Waals surface area contributed by atoms with Gasteiger partial charge in [-0.15, -0.1) is 0 Å². The summed E-state index contributed by atoms with van der Waals surface area (Å²) in [7, 11) is 2.07. The zero-order valence-corrected chi connectivity index (χ0v) is 15.9. The minimum atomic E-state index is 0.0943. The number of benzene rings is 3. The van der Waals surface area contributed by atoms with Crippen LogP contribution >= 0.6 is 31.9 Å². The average Bonchev–Trinajstić information content (AvgIpc) is 3.02. The molecule has 0 aliphatic heterocycles. The van der Waals surface area contributed by atoms with E-state index in [-0.39, 0.29) is 5.78 Å². The first-order valence-electron chi connectivity index (χ1n) is 7.62. The minimum Gasteiger partial charge on any atom is -0.343 e. The van der Waals surface area contributed by atoms with Crippen LogP contribution in [0.3, 0.4) is 0 Å². The Hall–Kier alpha value is -1.91. The second-order valence-electron chi connectivity index (χ2n) is 6.10. The third-order valence-corrected chi connectivity index (χ3v) is 5.96. The number of hydrogen-bond donors (Lipinski definition) is 0. The number of ketones is 1. The summed E-state index contributed by atoms with van der Waals surface area (Å²) in [5.41, 5.74) is 5.91. The summed E-state index contributed by atoms with van der Waals surface area (Å²) in [6, 6.07) is 16.3. The number of aryl methyl sites for hydroxylation is 1. The molecule has 0 amide bonds. The van der Waals surface area contributed by atoms with Crippen LogP contribution in [0.2, 0.25) is 0 Å². The number of hydrogen-bond acceptors (Lipinski definition) is 1. The highest BCUT2D eigenvalue weighted by atomic mass is 79.9. The first-order valence-corrected chi connectivity index (χ1v) is 9.21. The summed E-state index contributed by atoms with van der Waals surface area (Å²) in [5.74, 6) is 0.0943. The van der Waals surface area contributed by atoms with Crippen molar-refractivity contribution in [3.63, 3.8) is 0 Å². The Kier molecular flexibility index (Phi) is 2.89. The van der Waals surface area contributed by atoms with Gasteiger partial charge in [-0.3, -0.25) is 4.79 Å². The lowest BCUT2D eigenvalue weighted by Crippen LogP contribution is -1.96. The molecule has 1 aliphatic carbocycles. The number of nitrogens with zero attached hydrogens (tertiary/aromatic N) is 1. The maximum Gasteiger partial charge on any atom is 0.194 e. The van der Waals surface area contributed by atoms with Gasteiger partial charge in [0.2, 0.25) is 0 Å². The van der Waals surface area contributed by atoms with Crippen molar-refractivity contribution in [3.8, 4) is 11.1 Å². The van der Waals surface area contributed by atoms with Gasteiger partial charge in [0.15, 0.2) is 5.78 Å². The zero-order chi connectivity index (χ0) is 16.6. The quantitative estimate of drug-likeness (QED) is 0.286. The third kappa shape index (κ3) is 1.68. The van der Waals surface area contributed by atoms with Gasteiger partial charge in [-0.05, 0) is 45.8 Å². The molecule has 1 aliphatic rings. The van der Waals surface area contributed by atoms with Gasteiger partial charge in [0.25, 0.3) is 0 Å². The normalized spacial score (nSPS) is 12.9. The Morgan fingerprint density at radius 1 is 0.917 bits per heavy atom. The molecule has 0 atom stereocenters. The van der Waals surface area contributed by atoms with Crippen molar-refractivity contribution >= 4 is 59.4 Å². The molecule has 1 heterocycles. The van der Waals surface area contributed by atoms with E-state index in [1.165, 1.54) is 10.9 Å². The number of aromatic nitrogens is 1. The van der Waals surface area contributed by atoms with Gasteiger partial charge in [0, 0.05) is 49.0 Å². The fourth-order valence-corrected chi connectivity index (χ4v) is 4.91. The zero-order valence-electron chi connectivity index (χ0n) is 12.7. The molecule has 0 N–H and O–H groups in total. The van der Waals surface area contributed by atoms with Gasteiger partial charge < -0.3 is 4.57 Å². The fourth-order valence-electron chi connectivity index (χ4n) is 3.85. The van der Waals surface area contributed by atoms with Crippen LogP contribution in [0, 0.1) is 0 Å². The number of carbonyl (C=O) groups is 1. The highest BCUT2D eigenvalue weighted by Crippen LogP contribution is 2.47. The van der Waals surface area contributed by atoms with E-state index >= 15 is 0 Å². The maximum absolute atomic E-state index is 12.9. The van der Waals surface area contributed by atoms with Crippen molar-refractivity contribution in [1.82, 2.24) is 4.57 Å². The second kappa shape index (κ2) is 4.80. The smallest absolute Gasteiger partial charge is 0.194 e. The van der Waals surface area contributed by atoms with Crippen molar-refractivity contribution in [2.75, 3.05) is 0 Å². The predicted octanol–water partition coefficient (Wildman–Crippen LogP) is 6.07. The molecule has 116 valence electrons. The van der Waals surface area contributed by atoms with Gasteiger partial charge in [-0.1, -0.05) is 40.2 Å². The molecule has 2 nitrogen and oxygen atoms in total. The molecule has 0 fully saturated rings. The Morgan fingerprint density at radius 2 is 1.71 bits per heavy atom. The monoisotopic (exact) mass is 439 g/mol. The lowest BCUT2D eigenvalue weighted by molar-refractivity contribution is 0.104. The van der Waals surface area contributed by atoms with Gasteiger partial charge in [0.1, 0.15) is 0 Å². The topological polar surface area (TPSA) is 22.0 Å². The van der Waals surface area contributed by atoms with Crippen LogP contribution < -0.4 is 0 Å². The number of rotatable bonds is 0. The summed E-state index contributed by atoms with van der Waals surface area (Å²) in [6.45, 7) is 0. The molecule has 0 saturated heterocycles. The van der Waals surface area contributed by atoms with Crippen LogP contribution in [-0.2, 0) is 7.05 Å². The van der Waals surface area contributed by atoms with E-state index in [1.54, 1.807) is 0 Å². The van der Waals surface area contributed by atoms with Crippen molar-refractivity contribution in [2.24, 2.45) is 7.05 Å². The van der Waals surface area contributed by atoms with E-state index in [1.807, 2.05) is 36.4 Å². The van der Waals surface area contributed by atoms with Crippen LogP contribution in [0.1, 0.15) is 15.9 Å². The molecular formula is C20H11Br2NO. The van der Waals surface area contributed by atoms with E-state index < -0.39 is 0 Å². The standard InChI is InChI=1S/C20H11Br2NO/c1-23-16-5-3-2-4-12(16)18-17-11-7-6-10(21)8-13(11)20(24)14(17)9-15(22)19(18)23/h2-9H,1H3.